The number of hydrogen-bond acceptors (Lipinski definition) is 6. The van der Waals surface area contributed by atoms with Gasteiger partial charge in [-0.1, -0.05) is 41.6 Å². The number of aliphatic hydroxyl groups is 1. The summed E-state index contributed by atoms with van der Waals surface area (Å²) in [6.45, 7) is 4.88. The molecule has 1 N–H and O–H groups in total. The lowest BCUT2D eigenvalue weighted by Gasteiger charge is -2.53. The smallest absolute Gasteiger partial charge is 0.322 e. The van der Waals surface area contributed by atoms with E-state index in [1.54, 1.807) is 13.8 Å². The van der Waals surface area contributed by atoms with Gasteiger partial charge in [0.1, 0.15) is 0 Å². The summed E-state index contributed by atoms with van der Waals surface area (Å²) in [6, 6.07) is 18.5. The molecule has 9 rings (SSSR count). The first-order chi connectivity index (χ1) is 21.2. The number of amides is 1. The van der Waals surface area contributed by atoms with Gasteiger partial charge in [-0.05, 0) is 112 Å². The number of halogens is 2. The highest BCUT2D eigenvalue weighted by Gasteiger charge is 2.60. The van der Waals surface area contributed by atoms with Crippen molar-refractivity contribution in [3.63, 3.8) is 0 Å². The average Bonchev–Trinajstić information content (AvgIpc) is 3.75. The lowest BCUT2D eigenvalue weighted by atomic mass is 9.53. The highest BCUT2D eigenvalue weighted by Crippen LogP contribution is 2.62. The van der Waals surface area contributed by atoms with E-state index in [0.717, 1.165) is 80.7 Å². The largest absolute Gasteiger partial charge is 0.386 e. The van der Waals surface area contributed by atoms with Crippen LogP contribution in [0.1, 0.15) is 95.8 Å². The topological polar surface area (TPSA) is 103 Å². The fourth-order valence-corrected chi connectivity index (χ4v) is 8.62. The Bertz CT molecular complexity index is 1630. The molecular formula is C36H40F2N4O3. The summed E-state index contributed by atoms with van der Waals surface area (Å²) in [4.78, 5) is 20.6. The molecule has 9 heteroatoms. The number of carbonyl (C=O) groups excluding carboxylic acids is 1. The number of fused-ring (bicyclic) bond motifs is 4. The fourth-order valence-electron chi connectivity index (χ4n) is 8.62. The molecule has 6 saturated carbocycles. The quantitative estimate of drug-likeness (QED) is 0.280. The first kappa shape index (κ1) is 30.0. The van der Waals surface area contributed by atoms with Crippen molar-refractivity contribution in [3.05, 3.63) is 65.8 Å². The highest BCUT2D eigenvalue weighted by molar-refractivity contribution is 5.96. The summed E-state index contributed by atoms with van der Waals surface area (Å²) in [5, 5.41) is 24.2. The first-order valence-corrected chi connectivity index (χ1v) is 16.1. The second-order valence-corrected chi connectivity index (χ2v) is 15.1. The number of aromatic nitrogens is 2. The molecule has 1 aromatic heterocycles. The van der Waals surface area contributed by atoms with Gasteiger partial charge in [-0.2, -0.15) is 19.0 Å². The minimum Gasteiger partial charge on any atom is -0.386 e. The van der Waals surface area contributed by atoms with Crippen LogP contribution in [0.15, 0.2) is 53.1 Å². The van der Waals surface area contributed by atoms with Gasteiger partial charge in [0.25, 0.3) is 5.89 Å². The van der Waals surface area contributed by atoms with Crippen molar-refractivity contribution >= 4 is 11.6 Å². The van der Waals surface area contributed by atoms with Crippen molar-refractivity contribution in [2.24, 2.45) is 22.7 Å². The second kappa shape index (κ2) is 10.2. The van der Waals surface area contributed by atoms with Crippen LogP contribution >= 0.6 is 0 Å². The Balaban J connectivity index is 1.17. The third kappa shape index (κ3) is 5.15. The fraction of sp³-hybridized carbons (Fsp3) is 0.556. The molecule has 7 nitrogen and oxygen atoms in total. The van der Waals surface area contributed by atoms with Crippen molar-refractivity contribution in [3.8, 4) is 17.2 Å². The van der Waals surface area contributed by atoms with Gasteiger partial charge in [0.15, 0.2) is 5.82 Å². The monoisotopic (exact) mass is 614 g/mol. The summed E-state index contributed by atoms with van der Waals surface area (Å²) < 4.78 is 32.7. The summed E-state index contributed by atoms with van der Waals surface area (Å²) in [5.74, 6) is -3.22. The Morgan fingerprint density at radius 2 is 1.69 bits per heavy atom. The number of hydrogen-bond donors (Lipinski definition) is 1. The van der Waals surface area contributed by atoms with Crippen LogP contribution in [-0.2, 0) is 21.7 Å². The number of anilines is 1. The minimum absolute atomic E-state index is 0.0997. The summed E-state index contributed by atoms with van der Waals surface area (Å²) in [5.41, 5.74) is 1.91. The van der Waals surface area contributed by atoms with Crippen molar-refractivity contribution in [1.82, 2.24) is 10.1 Å². The van der Waals surface area contributed by atoms with Gasteiger partial charge in [-0.15, -0.1) is 0 Å². The van der Waals surface area contributed by atoms with E-state index in [4.69, 9.17) is 4.52 Å². The molecule has 0 radical (unpaired) electrons. The SMILES string of the molecule is CC(C)(O)c1ccc(-c2cccc(N(CC34CCC(c5noc(C(C)(F)F)n5)(CC3)CC4)C(=O)[C@H]3CC4(C#N)CC3C4)c2)cc1. The second-order valence-electron chi connectivity index (χ2n) is 15.1. The van der Waals surface area contributed by atoms with Gasteiger partial charge < -0.3 is 14.5 Å². The van der Waals surface area contributed by atoms with Crippen LogP contribution in [0.25, 0.3) is 11.1 Å². The van der Waals surface area contributed by atoms with Crippen molar-refractivity contribution < 1.29 is 23.2 Å². The molecule has 3 aromatic rings. The Morgan fingerprint density at radius 1 is 1.02 bits per heavy atom. The molecule has 0 saturated heterocycles. The zero-order chi connectivity index (χ0) is 31.8. The molecule has 0 spiro atoms. The zero-order valence-corrected chi connectivity index (χ0v) is 26.2. The normalized spacial score (nSPS) is 30.5. The number of nitriles is 1. The van der Waals surface area contributed by atoms with E-state index in [0.29, 0.717) is 18.8 Å². The lowest BCUT2D eigenvalue weighted by molar-refractivity contribution is -0.123. The maximum Gasteiger partial charge on any atom is 0.322 e. The van der Waals surface area contributed by atoms with Crippen LogP contribution in [0.5, 0.6) is 0 Å². The standard InChI is InChI=1S/C36H40F2N4O3/c1-32(2,44)26-9-7-23(8-10-26)24-5-4-6-27(17-24)42(29(43)28-20-35(21-39)18-25(28)19-35)22-34-11-14-36(15-12-34,16-13-34)30-40-31(45-41-30)33(3,37)38/h4-10,17,25,28,44H,11-16,18-20,22H2,1-3H3/t25?,28-,34?,35?,36?/m0/s1. The van der Waals surface area contributed by atoms with Crippen LogP contribution in [0.3, 0.4) is 0 Å². The third-order valence-electron chi connectivity index (χ3n) is 11.6. The van der Waals surface area contributed by atoms with E-state index < -0.39 is 17.4 Å². The van der Waals surface area contributed by atoms with E-state index in [1.807, 2.05) is 47.4 Å². The molecule has 6 aliphatic rings. The Morgan fingerprint density at radius 3 is 2.24 bits per heavy atom. The Labute approximate surface area is 262 Å². The number of nitrogens with zero attached hydrogens (tertiary/aromatic N) is 4. The molecule has 1 heterocycles. The van der Waals surface area contributed by atoms with Crippen LogP contribution < -0.4 is 4.90 Å². The molecule has 1 amide bonds. The highest BCUT2D eigenvalue weighted by atomic mass is 19.3. The first-order valence-electron chi connectivity index (χ1n) is 16.1. The van der Waals surface area contributed by atoms with Crippen LogP contribution in [0, 0.1) is 34.0 Å². The van der Waals surface area contributed by atoms with E-state index in [9.17, 15) is 23.9 Å². The van der Waals surface area contributed by atoms with Gasteiger partial charge in [0.05, 0.1) is 17.1 Å². The minimum atomic E-state index is -3.17. The summed E-state index contributed by atoms with van der Waals surface area (Å²) in [7, 11) is 0. The number of rotatable bonds is 8. The maximum absolute atomic E-state index is 14.5. The molecule has 45 heavy (non-hydrogen) atoms. The Hall–Kier alpha value is -3.64. The van der Waals surface area contributed by atoms with Crippen LogP contribution in [0.4, 0.5) is 14.5 Å². The van der Waals surface area contributed by atoms with Crippen molar-refractivity contribution in [2.45, 2.75) is 95.5 Å². The maximum atomic E-state index is 14.5. The van der Waals surface area contributed by atoms with Gasteiger partial charge in [-0.25, -0.2) is 0 Å². The van der Waals surface area contributed by atoms with E-state index in [-0.39, 0.29) is 34.0 Å². The molecule has 6 fully saturated rings. The molecule has 236 valence electrons. The van der Waals surface area contributed by atoms with E-state index in [2.05, 4.69) is 22.3 Å². The molecule has 0 aliphatic heterocycles. The molecule has 2 aromatic carbocycles. The molecule has 1 atom stereocenters. The van der Waals surface area contributed by atoms with Crippen molar-refractivity contribution in [1.29, 1.82) is 5.26 Å². The van der Waals surface area contributed by atoms with Crippen LogP contribution in [0.2, 0.25) is 0 Å². The summed E-state index contributed by atoms with van der Waals surface area (Å²) in [6.07, 6.45) is 7.06. The van der Waals surface area contributed by atoms with E-state index >= 15 is 0 Å². The van der Waals surface area contributed by atoms with Gasteiger partial charge in [-0.3, -0.25) is 4.79 Å². The molecule has 4 bridgehead atoms. The average molecular weight is 615 g/mol. The summed E-state index contributed by atoms with van der Waals surface area (Å²) >= 11 is 0. The molecule has 0 unspecified atom stereocenters. The van der Waals surface area contributed by atoms with Gasteiger partial charge in [0.2, 0.25) is 5.91 Å². The lowest BCUT2D eigenvalue weighted by Crippen LogP contribution is -2.52. The van der Waals surface area contributed by atoms with Crippen LogP contribution in [-0.4, -0.2) is 27.7 Å². The van der Waals surface area contributed by atoms with Crippen molar-refractivity contribution in [2.75, 3.05) is 11.4 Å². The number of carbonyl (C=O) groups is 1. The predicted molar refractivity (Wildman–Crippen MR) is 164 cm³/mol. The molecular weight excluding hydrogens is 574 g/mol. The van der Waals surface area contributed by atoms with Gasteiger partial charge >= 0.3 is 5.92 Å². The Kier molecular flexibility index (Phi) is 6.80. The number of benzene rings is 2. The third-order valence-corrected chi connectivity index (χ3v) is 11.6. The van der Waals surface area contributed by atoms with E-state index in [1.165, 1.54) is 0 Å². The zero-order valence-electron chi connectivity index (χ0n) is 26.2. The molecule has 6 aliphatic carbocycles. The predicted octanol–water partition coefficient (Wildman–Crippen LogP) is 7.64. The number of alkyl halides is 2. The van der Waals surface area contributed by atoms with Gasteiger partial charge in [0, 0.05) is 30.5 Å².